The van der Waals surface area contributed by atoms with Crippen molar-refractivity contribution in [1.82, 2.24) is 9.97 Å². The quantitative estimate of drug-likeness (QED) is 0.736. The zero-order valence-corrected chi connectivity index (χ0v) is 13.7. The average Bonchev–Trinajstić information content (AvgIpc) is 2.31. The Balaban J connectivity index is 2.90. The van der Waals surface area contributed by atoms with Crippen LogP contribution < -0.4 is 5.32 Å². The van der Waals surface area contributed by atoms with Crippen molar-refractivity contribution in [3.63, 3.8) is 0 Å². The van der Waals surface area contributed by atoms with Crippen LogP contribution in [0.5, 0.6) is 0 Å². The van der Waals surface area contributed by atoms with Gasteiger partial charge in [0.05, 0.1) is 9.26 Å². The number of hydrogen-bond donors (Lipinski definition) is 1. The Labute approximate surface area is 129 Å². The van der Waals surface area contributed by atoms with E-state index in [1.54, 1.807) is 0 Å². The van der Waals surface area contributed by atoms with Crippen molar-refractivity contribution in [2.24, 2.45) is 0 Å². The van der Waals surface area contributed by atoms with Gasteiger partial charge >= 0.3 is 6.18 Å². The number of nitrogens with one attached hydrogen (secondary N) is 1. The number of aromatic nitrogens is 2. The topological polar surface area (TPSA) is 47.0 Å². The third-order valence-corrected chi connectivity index (χ3v) is 3.37. The minimum atomic E-state index is -4.34. The van der Waals surface area contributed by atoms with Gasteiger partial charge in [0.2, 0.25) is 0 Å². The molecule has 1 rings (SSSR count). The first-order chi connectivity index (χ1) is 9.24. The summed E-state index contributed by atoms with van der Waals surface area (Å²) in [7, 11) is 0. The van der Waals surface area contributed by atoms with Crippen LogP contribution in [-0.2, 0) is 11.3 Å². The van der Waals surface area contributed by atoms with Crippen LogP contribution in [-0.4, -0.2) is 29.3 Å². The molecule has 114 valence electrons. The van der Waals surface area contributed by atoms with E-state index in [0.717, 1.165) is 9.26 Å². The highest BCUT2D eigenvalue weighted by Gasteiger charge is 2.27. The van der Waals surface area contributed by atoms with Crippen LogP contribution in [0.25, 0.3) is 0 Å². The van der Waals surface area contributed by atoms with Gasteiger partial charge in [0.15, 0.2) is 5.82 Å². The molecule has 0 aromatic carbocycles. The second kappa shape index (κ2) is 7.39. The second-order valence-corrected chi connectivity index (χ2v) is 5.56. The number of nitrogens with zero attached hydrogens (tertiary/aromatic N) is 2. The Morgan fingerprint density at radius 1 is 1.30 bits per heavy atom. The Bertz CT molecular complexity index is 452. The second-order valence-electron chi connectivity index (χ2n) is 4.48. The highest BCUT2D eigenvalue weighted by molar-refractivity contribution is 14.1. The lowest BCUT2D eigenvalue weighted by Crippen LogP contribution is -2.18. The summed E-state index contributed by atoms with van der Waals surface area (Å²) in [5.41, 5.74) is 0.808. The first kappa shape index (κ1) is 17.4. The van der Waals surface area contributed by atoms with Crippen LogP contribution >= 0.6 is 22.6 Å². The van der Waals surface area contributed by atoms with Gasteiger partial charge in [0.1, 0.15) is 19.0 Å². The zero-order valence-electron chi connectivity index (χ0n) is 11.5. The van der Waals surface area contributed by atoms with E-state index in [2.05, 4.69) is 42.6 Å². The van der Waals surface area contributed by atoms with Crippen LogP contribution in [0, 0.1) is 3.57 Å². The van der Waals surface area contributed by atoms with E-state index in [1.165, 1.54) is 0 Å². The molecule has 0 unspecified atom stereocenters. The van der Waals surface area contributed by atoms with Gasteiger partial charge in [-0.3, -0.25) is 0 Å². The SMILES string of the molecule is CCNc1nc(COCC(F)(F)F)nc(C(C)C)c1I. The van der Waals surface area contributed by atoms with Crippen molar-refractivity contribution in [1.29, 1.82) is 0 Å². The van der Waals surface area contributed by atoms with E-state index in [1.807, 2.05) is 20.8 Å². The van der Waals surface area contributed by atoms with Crippen LogP contribution in [0.2, 0.25) is 0 Å². The van der Waals surface area contributed by atoms with E-state index in [0.29, 0.717) is 12.4 Å². The molecule has 0 amide bonds. The molecule has 0 saturated heterocycles. The summed E-state index contributed by atoms with van der Waals surface area (Å²) in [6.07, 6.45) is -4.34. The Hall–Kier alpha value is -0.640. The highest BCUT2D eigenvalue weighted by Crippen LogP contribution is 2.25. The first-order valence-corrected chi connectivity index (χ1v) is 7.27. The standard InChI is InChI=1S/C12H17F3IN3O/c1-4-17-11-9(16)10(7(2)3)18-8(19-11)5-20-6-12(13,14)15/h7H,4-6H2,1-3H3,(H,17,18,19). The molecule has 1 aromatic rings. The summed E-state index contributed by atoms with van der Waals surface area (Å²) in [6.45, 7) is 4.99. The molecule has 8 heteroatoms. The van der Waals surface area contributed by atoms with Crippen molar-refractivity contribution in [3.8, 4) is 0 Å². The van der Waals surface area contributed by atoms with E-state index < -0.39 is 12.8 Å². The molecule has 20 heavy (non-hydrogen) atoms. The van der Waals surface area contributed by atoms with Crippen molar-refractivity contribution in [2.75, 3.05) is 18.5 Å². The number of halogens is 4. The van der Waals surface area contributed by atoms with Crippen LogP contribution in [0.3, 0.4) is 0 Å². The fourth-order valence-corrected chi connectivity index (χ4v) is 2.56. The maximum Gasteiger partial charge on any atom is 0.411 e. The maximum absolute atomic E-state index is 12.1. The van der Waals surface area contributed by atoms with Gasteiger partial charge in [-0.25, -0.2) is 9.97 Å². The number of ether oxygens (including phenoxy) is 1. The monoisotopic (exact) mass is 403 g/mol. The van der Waals surface area contributed by atoms with E-state index in [9.17, 15) is 13.2 Å². The van der Waals surface area contributed by atoms with Gasteiger partial charge < -0.3 is 10.1 Å². The number of hydrogen-bond acceptors (Lipinski definition) is 4. The molecule has 0 aliphatic carbocycles. The summed E-state index contributed by atoms with van der Waals surface area (Å²) >= 11 is 2.14. The normalized spacial score (nSPS) is 12.0. The Morgan fingerprint density at radius 3 is 2.45 bits per heavy atom. The van der Waals surface area contributed by atoms with Gasteiger partial charge in [-0.15, -0.1) is 0 Å². The fourth-order valence-electron chi connectivity index (χ4n) is 1.50. The number of alkyl halides is 3. The Morgan fingerprint density at radius 2 is 1.95 bits per heavy atom. The Kier molecular flexibility index (Phi) is 6.44. The van der Waals surface area contributed by atoms with Crippen molar-refractivity contribution < 1.29 is 17.9 Å². The summed E-state index contributed by atoms with van der Waals surface area (Å²) < 4.78 is 41.7. The molecule has 4 nitrogen and oxygen atoms in total. The highest BCUT2D eigenvalue weighted by atomic mass is 127. The van der Waals surface area contributed by atoms with Gasteiger partial charge in [-0.05, 0) is 35.4 Å². The molecule has 0 saturated carbocycles. The van der Waals surface area contributed by atoms with Crippen molar-refractivity contribution >= 4 is 28.4 Å². The van der Waals surface area contributed by atoms with Crippen molar-refractivity contribution in [3.05, 3.63) is 15.1 Å². The molecule has 0 bridgehead atoms. The smallest absolute Gasteiger partial charge is 0.369 e. The van der Waals surface area contributed by atoms with E-state index >= 15 is 0 Å². The lowest BCUT2D eigenvalue weighted by atomic mass is 10.1. The molecule has 0 fully saturated rings. The molecule has 1 aromatic heterocycles. The summed E-state index contributed by atoms with van der Waals surface area (Å²) in [4.78, 5) is 8.49. The molecule has 0 atom stereocenters. The molecule has 0 aliphatic rings. The van der Waals surface area contributed by atoms with Crippen LogP contribution in [0.1, 0.15) is 38.2 Å². The summed E-state index contributed by atoms with van der Waals surface area (Å²) in [5, 5.41) is 3.08. The molecule has 0 spiro atoms. The molecule has 1 N–H and O–H groups in total. The third kappa shape index (κ3) is 5.39. The van der Waals surface area contributed by atoms with Crippen LogP contribution in [0.4, 0.5) is 19.0 Å². The van der Waals surface area contributed by atoms with Crippen LogP contribution in [0.15, 0.2) is 0 Å². The first-order valence-electron chi connectivity index (χ1n) is 6.19. The minimum absolute atomic E-state index is 0.156. The van der Waals surface area contributed by atoms with E-state index in [4.69, 9.17) is 0 Å². The predicted molar refractivity (Wildman–Crippen MR) is 78.7 cm³/mol. The van der Waals surface area contributed by atoms with Gasteiger partial charge in [0, 0.05) is 6.54 Å². The summed E-state index contributed by atoms with van der Waals surface area (Å²) in [6, 6.07) is 0. The third-order valence-electron chi connectivity index (χ3n) is 2.31. The van der Waals surface area contributed by atoms with Gasteiger partial charge in [-0.1, -0.05) is 13.8 Å². The number of anilines is 1. The lowest BCUT2D eigenvalue weighted by molar-refractivity contribution is -0.177. The molecule has 1 heterocycles. The zero-order chi connectivity index (χ0) is 15.3. The maximum atomic E-state index is 12.1. The molecular weight excluding hydrogens is 386 g/mol. The predicted octanol–water partition coefficient (Wildman–Crippen LogP) is 3.72. The minimum Gasteiger partial charge on any atom is -0.369 e. The van der Waals surface area contributed by atoms with E-state index in [-0.39, 0.29) is 18.3 Å². The summed E-state index contributed by atoms with van der Waals surface area (Å²) in [5.74, 6) is 1.05. The molecule has 0 radical (unpaired) electrons. The largest absolute Gasteiger partial charge is 0.411 e. The molecular formula is C12H17F3IN3O. The fraction of sp³-hybridized carbons (Fsp3) is 0.667. The molecule has 0 aliphatic heterocycles. The lowest BCUT2D eigenvalue weighted by Gasteiger charge is -2.14. The van der Waals surface area contributed by atoms with Gasteiger partial charge in [0.25, 0.3) is 0 Å². The number of rotatable bonds is 6. The van der Waals surface area contributed by atoms with Crippen molar-refractivity contribution in [2.45, 2.75) is 39.5 Å². The average molecular weight is 403 g/mol. The van der Waals surface area contributed by atoms with Gasteiger partial charge in [-0.2, -0.15) is 13.2 Å².